The average Bonchev–Trinajstić information content (AvgIpc) is 3.24. The second kappa shape index (κ2) is 20.7. The van der Waals surface area contributed by atoms with Gasteiger partial charge in [0.25, 0.3) is 0 Å². The van der Waals surface area contributed by atoms with E-state index in [9.17, 15) is 4.79 Å². The van der Waals surface area contributed by atoms with Crippen molar-refractivity contribution in [2.45, 2.75) is 75.5 Å². The summed E-state index contributed by atoms with van der Waals surface area (Å²) in [6.45, 7) is 5.82. The Morgan fingerprint density at radius 1 is 0.655 bits per heavy atom. The predicted octanol–water partition coefficient (Wildman–Crippen LogP) is 8.00. The SMILES string of the molecule is C=CC[C@@]1([C@H](NCc2ccccc2)C(=O)OC)OC(COCc2ccccc2)[C@H](OCc2ccccc2)[C@@H](OCc2ccccc2)C1OCc1ccccc1. The van der Waals surface area contributed by atoms with Gasteiger partial charge in [-0.3, -0.25) is 10.1 Å². The molecule has 1 fully saturated rings. The molecule has 1 saturated heterocycles. The van der Waals surface area contributed by atoms with Gasteiger partial charge in [-0.15, -0.1) is 6.58 Å². The number of rotatable bonds is 20. The molecule has 5 aromatic rings. The van der Waals surface area contributed by atoms with Gasteiger partial charge in [-0.05, 0) is 34.2 Å². The van der Waals surface area contributed by atoms with Crippen molar-refractivity contribution in [1.82, 2.24) is 5.32 Å². The lowest BCUT2D eigenvalue weighted by Crippen LogP contribution is -2.74. The van der Waals surface area contributed by atoms with Crippen molar-refractivity contribution in [2.75, 3.05) is 13.7 Å². The van der Waals surface area contributed by atoms with Crippen molar-refractivity contribution in [3.05, 3.63) is 192 Å². The van der Waals surface area contributed by atoms with Gasteiger partial charge in [-0.1, -0.05) is 158 Å². The zero-order valence-electron chi connectivity index (χ0n) is 31.4. The van der Waals surface area contributed by atoms with E-state index in [4.69, 9.17) is 28.4 Å². The summed E-state index contributed by atoms with van der Waals surface area (Å²) in [6, 6.07) is 48.8. The molecule has 2 unspecified atom stereocenters. The maximum Gasteiger partial charge on any atom is 0.326 e. The summed E-state index contributed by atoms with van der Waals surface area (Å²) >= 11 is 0. The molecule has 1 aliphatic rings. The van der Waals surface area contributed by atoms with E-state index < -0.39 is 42.0 Å². The fourth-order valence-electron chi connectivity index (χ4n) is 7.12. The highest BCUT2D eigenvalue weighted by atomic mass is 16.6. The summed E-state index contributed by atoms with van der Waals surface area (Å²) in [5, 5.41) is 3.52. The quantitative estimate of drug-likeness (QED) is 0.0635. The number of esters is 1. The first-order chi connectivity index (χ1) is 27.1. The highest BCUT2D eigenvalue weighted by Gasteiger charge is 2.61. The summed E-state index contributed by atoms with van der Waals surface area (Å²) in [4.78, 5) is 14.2. The molecule has 5 aromatic carbocycles. The van der Waals surface area contributed by atoms with Crippen LogP contribution >= 0.6 is 0 Å². The molecule has 0 aromatic heterocycles. The summed E-state index contributed by atoms with van der Waals surface area (Å²) in [6.07, 6.45) is -0.980. The van der Waals surface area contributed by atoms with Crippen molar-refractivity contribution in [2.24, 2.45) is 0 Å². The summed E-state index contributed by atoms with van der Waals surface area (Å²) in [7, 11) is 1.39. The fraction of sp³-hybridized carbons (Fsp3) is 0.298. The van der Waals surface area contributed by atoms with Crippen molar-refractivity contribution in [1.29, 1.82) is 0 Å². The van der Waals surface area contributed by atoms with Gasteiger partial charge in [0.2, 0.25) is 0 Å². The summed E-state index contributed by atoms with van der Waals surface area (Å²) in [5.41, 5.74) is 3.57. The molecule has 8 nitrogen and oxygen atoms in total. The van der Waals surface area contributed by atoms with E-state index in [-0.39, 0.29) is 26.2 Å². The minimum atomic E-state index is -1.38. The first-order valence-electron chi connectivity index (χ1n) is 18.8. The maximum atomic E-state index is 14.2. The van der Waals surface area contributed by atoms with Gasteiger partial charge >= 0.3 is 5.97 Å². The van der Waals surface area contributed by atoms with Crippen molar-refractivity contribution in [3.63, 3.8) is 0 Å². The van der Waals surface area contributed by atoms with Crippen LogP contribution in [0.5, 0.6) is 0 Å². The molecule has 6 rings (SSSR count). The topological polar surface area (TPSA) is 84.5 Å². The van der Waals surface area contributed by atoms with Crippen LogP contribution < -0.4 is 5.32 Å². The molecular formula is C47H51NO7. The average molecular weight is 742 g/mol. The smallest absolute Gasteiger partial charge is 0.326 e. The number of hydrogen-bond donors (Lipinski definition) is 1. The van der Waals surface area contributed by atoms with E-state index in [1.165, 1.54) is 7.11 Å². The van der Waals surface area contributed by atoms with Crippen LogP contribution in [0.4, 0.5) is 0 Å². The molecule has 8 heteroatoms. The van der Waals surface area contributed by atoms with Crippen LogP contribution in [0.1, 0.15) is 34.2 Å². The number of ether oxygens (including phenoxy) is 6. The maximum absolute atomic E-state index is 14.2. The van der Waals surface area contributed by atoms with Crippen molar-refractivity contribution in [3.8, 4) is 0 Å². The molecule has 286 valence electrons. The lowest BCUT2D eigenvalue weighted by atomic mass is 9.76. The molecule has 0 saturated carbocycles. The Bertz CT molecular complexity index is 1850. The van der Waals surface area contributed by atoms with Gasteiger partial charge in [-0.2, -0.15) is 0 Å². The van der Waals surface area contributed by atoms with Crippen LogP contribution in [-0.4, -0.2) is 55.7 Å². The Hall–Kier alpha value is -4.93. The first kappa shape index (κ1) is 39.8. The Morgan fingerprint density at radius 2 is 1.09 bits per heavy atom. The molecule has 1 N–H and O–H groups in total. The van der Waals surface area contributed by atoms with Gasteiger partial charge in [0.15, 0.2) is 0 Å². The van der Waals surface area contributed by atoms with Gasteiger partial charge in [0, 0.05) is 6.54 Å². The zero-order chi connectivity index (χ0) is 38.1. The molecule has 0 bridgehead atoms. The second-order valence-corrected chi connectivity index (χ2v) is 13.7. The van der Waals surface area contributed by atoms with E-state index in [0.29, 0.717) is 19.8 Å². The van der Waals surface area contributed by atoms with Gasteiger partial charge in [0.05, 0.1) is 40.1 Å². The van der Waals surface area contributed by atoms with E-state index in [1.54, 1.807) is 6.08 Å². The zero-order valence-corrected chi connectivity index (χ0v) is 31.4. The fourth-order valence-corrected chi connectivity index (χ4v) is 7.12. The van der Waals surface area contributed by atoms with Crippen LogP contribution in [0.25, 0.3) is 0 Å². The molecular weight excluding hydrogens is 691 g/mol. The third-order valence-electron chi connectivity index (χ3n) is 9.82. The van der Waals surface area contributed by atoms with Gasteiger partial charge in [0.1, 0.15) is 36.1 Å². The number of nitrogens with one attached hydrogen (secondary N) is 1. The lowest BCUT2D eigenvalue weighted by molar-refractivity contribution is -0.313. The largest absolute Gasteiger partial charge is 0.468 e. The molecule has 55 heavy (non-hydrogen) atoms. The van der Waals surface area contributed by atoms with Crippen LogP contribution in [0, 0.1) is 0 Å². The monoisotopic (exact) mass is 741 g/mol. The molecule has 1 aliphatic heterocycles. The number of methoxy groups -OCH3 is 1. The normalized spacial score (nSPS) is 21.4. The van der Waals surface area contributed by atoms with E-state index in [2.05, 4.69) is 11.9 Å². The van der Waals surface area contributed by atoms with E-state index >= 15 is 0 Å². The van der Waals surface area contributed by atoms with Crippen LogP contribution in [0.15, 0.2) is 164 Å². The molecule has 0 aliphatic carbocycles. The number of hydrogen-bond acceptors (Lipinski definition) is 8. The number of carbonyl (C=O) groups excluding carboxylic acids is 1. The molecule has 0 radical (unpaired) electrons. The molecule has 1 heterocycles. The van der Waals surface area contributed by atoms with E-state index in [1.807, 2.05) is 152 Å². The Balaban J connectivity index is 1.45. The highest BCUT2D eigenvalue weighted by molar-refractivity contribution is 5.77. The molecule has 0 spiro atoms. The van der Waals surface area contributed by atoms with Crippen LogP contribution in [-0.2, 0) is 66.2 Å². The van der Waals surface area contributed by atoms with E-state index in [0.717, 1.165) is 27.8 Å². The lowest BCUT2D eigenvalue weighted by Gasteiger charge is -2.55. The Labute approximate surface area is 325 Å². The number of benzene rings is 5. The van der Waals surface area contributed by atoms with Crippen molar-refractivity contribution >= 4 is 5.97 Å². The summed E-state index contributed by atoms with van der Waals surface area (Å²) in [5.74, 6) is -0.500. The second-order valence-electron chi connectivity index (χ2n) is 13.7. The van der Waals surface area contributed by atoms with Crippen LogP contribution in [0.3, 0.4) is 0 Å². The third-order valence-corrected chi connectivity index (χ3v) is 9.82. The Morgan fingerprint density at radius 3 is 1.56 bits per heavy atom. The number of carbonyl (C=O) groups is 1. The molecule has 0 amide bonds. The highest BCUT2D eigenvalue weighted by Crippen LogP contribution is 2.42. The third kappa shape index (κ3) is 10.9. The van der Waals surface area contributed by atoms with Crippen molar-refractivity contribution < 1.29 is 33.2 Å². The predicted molar refractivity (Wildman–Crippen MR) is 213 cm³/mol. The minimum Gasteiger partial charge on any atom is -0.468 e. The standard InChI is InChI=1S/C47H51NO7/c1-3-29-47(44(46(49)50-2)48-30-36-19-9-4-10-20-36)45(54-34-40-27-17-8-18-28-40)43(53-33-39-25-15-7-16-26-39)42(52-32-38-23-13-6-14-24-38)41(55-47)35-51-31-37-21-11-5-12-22-37/h3-28,41-45,48H,1,29-35H2,2H3/t41?,42-,43+,44+,45?,47-/m0/s1. The summed E-state index contributed by atoms with van der Waals surface area (Å²) < 4.78 is 40.1. The first-order valence-corrected chi connectivity index (χ1v) is 18.8. The van der Waals surface area contributed by atoms with Gasteiger partial charge < -0.3 is 28.4 Å². The van der Waals surface area contributed by atoms with Gasteiger partial charge in [-0.25, -0.2) is 0 Å². The Kier molecular flexibility index (Phi) is 14.9. The molecule has 6 atom stereocenters. The van der Waals surface area contributed by atoms with Crippen LogP contribution in [0.2, 0.25) is 0 Å². The minimum absolute atomic E-state index is 0.149.